The summed E-state index contributed by atoms with van der Waals surface area (Å²) in [7, 11) is 0. The van der Waals surface area contributed by atoms with Gasteiger partial charge in [-0.2, -0.15) is 0 Å². The van der Waals surface area contributed by atoms with Crippen LogP contribution in [0.2, 0.25) is 5.02 Å². The van der Waals surface area contributed by atoms with Crippen LogP contribution in [0, 0.1) is 0 Å². The standard InChI is InChI=1S/C30H31BrClN4O4/c1-20(2)36(16-6-15-33,30(39)22-9-11-23(31)12-10-22)40-28(37)18-27-34-26-17-24(32)13-14-25(26)29(38)35(27)19-21-7-4-3-5-8-21/h3-5,7-14,17,20H,6,15-16,18-19,33H2,1-2H3/q+1. The molecule has 0 aliphatic carbocycles. The highest BCUT2D eigenvalue weighted by atomic mass is 79.9. The number of amides is 1. The predicted octanol–water partition coefficient (Wildman–Crippen LogP) is 5.28. The van der Waals surface area contributed by atoms with E-state index in [4.69, 9.17) is 22.2 Å². The van der Waals surface area contributed by atoms with Gasteiger partial charge >= 0.3 is 11.9 Å². The van der Waals surface area contributed by atoms with Gasteiger partial charge in [0.1, 0.15) is 24.8 Å². The molecule has 4 rings (SSSR count). The van der Waals surface area contributed by atoms with Crippen LogP contribution in [0.3, 0.4) is 0 Å². The average molecular weight is 627 g/mol. The average Bonchev–Trinajstić information content (AvgIpc) is 2.93. The monoisotopic (exact) mass is 625 g/mol. The van der Waals surface area contributed by atoms with E-state index in [-0.39, 0.29) is 36.8 Å². The lowest BCUT2D eigenvalue weighted by atomic mass is 10.1. The number of hydrogen-bond donors (Lipinski definition) is 1. The van der Waals surface area contributed by atoms with Crippen molar-refractivity contribution in [2.45, 2.75) is 39.3 Å². The van der Waals surface area contributed by atoms with Crippen molar-refractivity contribution in [1.29, 1.82) is 0 Å². The van der Waals surface area contributed by atoms with Crippen molar-refractivity contribution in [3.05, 3.63) is 110 Å². The van der Waals surface area contributed by atoms with Gasteiger partial charge in [-0.15, -0.1) is 0 Å². The summed E-state index contributed by atoms with van der Waals surface area (Å²) < 4.78 is 1.72. The van der Waals surface area contributed by atoms with E-state index in [0.29, 0.717) is 34.5 Å². The first kappa shape index (κ1) is 29.6. The van der Waals surface area contributed by atoms with Gasteiger partial charge in [-0.3, -0.25) is 14.2 Å². The zero-order valence-corrected chi connectivity index (χ0v) is 24.7. The molecular weight excluding hydrogens is 596 g/mol. The van der Waals surface area contributed by atoms with E-state index in [9.17, 15) is 14.4 Å². The number of halogens is 2. The molecule has 4 aromatic rings. The molecule has 1 atom stereocenters. The molecule has 3 aromatic carbocycles. The lowest BCUT2D eigenvalue weighted by molar-refractivity contribution is -1.04. The summed E-state index contributed by atoms with van der Waals surface area (Å²) in [6.07, 6.45) is 0.132. The first-order chi connectivity index (χ1) is 19.1. The molecule has 8 nitrogen and oxygen atoms in total. The molecular formula is C30H31BrClN4O4+. The Kier molecular flexibility index (Phi) is 9.52. The molecule has 0 saturated carbocycles. The third-order valence-electron chi connectivity index (χ3n) is 6.71. The Labute approximate surface area is 246 Å². The summed E-state index contributed by atoms with van der Waals surface area (Å²) in [4.78, 5) is 51.7. The van der Waals surface area contributed by atoms with Gasteiger partial charge in [0.15, 0.2) is 0 Å². The summed E-state index contributed by atoms with van der Waals surface area (Å²) >= 11 is 9.57. The van der Waals surface area contributed by atoms with Gasteiger partial charge in [0.05, 0.1) is 23.0 Å². The van der Waals surface area contributed by atoms with Crippen LogP contribution in [0.1, 0.15) is 42.0 Å². The highest BCUT2D eigenvalue weighted by Gasteiger charge is 2.46. The molecule has 208 valence electrons. The zero-order chi connectivity index (χ0) is 28.9. The van der Waals surface area contributed by atoms with Gasteiger partial charge in [-0.25, -0.2) is 14.6 Å². The maximum absolute atomic E-state index is 13.8. The Morgan fingerprint density at radius 2 is 1.77 bits per heavy atom. The lowest BCUT2D eigenvalue weighted by Gasteiger charge is -2.35. The maximum atomic E-state index is 13.8. The Balaban J connectivity index is 1.74. The van der Waals surface area contributed by atoms with Crippen molar-refractivity contribution in [3.63, 3.8) is 0 Å². The summed E-state index contributed by atoms with van der Waals surface area (Å²) in [5.74, 6) is -0.833. The van der Waals surface area contributed by atoms with Crippen LogP contribution < -0.4 is 11.3 Å². The third kappa shape index (κ3) is 6.50. The number of benzene rings is 3. The highest BCUT2D eigenvalue weighted by Crippen LogP contribution is 2.24. The molecule has 1 heterocycles. The van der Waals surface area contributed by atoms with Crippen LogP contribution in [-0.4, -0.2) is 45.2 Å². The van der Waals surface area contributed by atoms with E-state index < -0.39 is 16.7 Å². The summed E-state index contributed by atoms with van der Waals surface area (Å²) in [5, 5.41) is 0.809. The van der Waals surface area contributed by atoms with E-state index in [2.05, 4.69) is 20.9 Å². The minimum Gasteiger partial charge on any atom is -0.330 e. The van der Waals surface area contributed by atoms with Crippen LogP contribution in [0.15, 0.2) is 82.1 Å². The number of hydroxylamine groups is 3. The topological polar surface area (TPSA) is 104 Å². The summed E-state index contributed by atoms with van der Waals surface area (Å²) in [6.45, 7) is 4.38. The number of carbonyl (C=O) groups is 2. The molecule has 1 unspecified atom stereocenters. The smallest absolute Gasteiger partial charge is 0.330 e. The molecule has 0 aliphatic heterocycles. The Hall–Kier alpha value is -3.37. The summed E-state index contributed by atoms with van der Waals surface area (Å²) in [5.41, 5.74) is 7.15. The van der Waals surface area contributed by atoms with Crippen molar-refractivity contribution >= 4 is 50.3 Å². The van der Waals surface area contributed by atoms with Gasteiger partial charge < -0.3 is 5.73 Å². The molecule has 0 fully saturated rings. The molecule has 0 radical (unpaired) electrons. The SMILES string of the molecule is CC(C)[N+](CCCN)(OC(=O)Cc1nc2cc(Cl)ccc2c(=O)n1Cc1ccccc1)C(=O)c1ccc(Br)cc1. The van der Waals surface area contributed by atoms with E-state index in [1.165, 1.54) is 4.57 Å². The van der Waals surface area contributed by atoms with E-state index in [1.807, 2.05) is 44.2 Å². The van der Waals surface area contributed by atoms with E-state index >= 15 is 0 Å². The summed E-state index contributed by atoms with van der Waals surface area (Å²) in [6, 6.07) is 20.8. The largest absolute Gasteiger partial charge is 0.387 e. The van der Waals surface area contributed by atoms with Crippen molar-refractivity contribution < 1.29 is 19.1 Å². The van der Waals surface area contributed by atoms with Gasteiger partial charge in [0.2, 0.25) is 0 Å². The number of nitrogens with zero attached hydrogens (tertiary/aromatic N) is 3. The molecule has 40 heavy (non-hydrogen) atoms. The van der Waals surface area contributed by atoms with E-state index in [0.717, 1.165) is 10.0 Å². The lowest BCUT2D eigenvalue weighted by Crippen LogP contribution is -2.59. The minimum atomic E-state index is -0.689. The second-order valence-corrected chi connectivity index (χ2v) is 11.1. The predicted molar refractivity (Wildman–Crippen MR) is 159 cm³/mol. The number of nitrogens with two attached hydrogens (primary N) is 1. The molecule has 0 saturated heterocycles. The van der Waals surface area contributed by atoms with E-state index in [1.54, 1.807) is 42.5 Å². The molecule has 1 aromatic heterocycles. The quantitative estimate of drug-likeness (QED) is 0.200. The number of hydrogen-bond acceptors (Lipinski definition) is 6. The Morgan fingerprint density at radius 3 is 2.42 bits per heavy atom. The molecule has 0 bridgehead atoms. The van der Waals surface area contributed by atoms with Crippen LogP contribution in [0.5, 0.6) is 0 Å². The molecule has 2 N–H and O–H groups in total. The minimum absolute atomic E-state index is 0.201. The van der Waals surface area contributed by atoms with Crippen LogP contribution in [0.25, 0.3) is 10.9 Å². The van der Waals surface area contributed by atoms with Crippen molar-refractivity contribution in [2.75, 3.05) is 13.1 Å². The Bertz CT molecular complexity index is 1570. The highest BCUT2D eigenvalue weighted by molar-refractivity contribution is 9.10. The van der Waals surface area contributed by atoms with Gasteiger partial charge in [0, 0.05) is 15.9 Å². The third-order valence-corrected chi connectivity index (χ3v) is 7.47. The zero-order valence-electron chi connectivity index (χ0n) is 22.3. The number of fused-ring (bicyclic) bond motifs is 1. The number of quaternary nitrogens is 1. The van der Waals surface area contributed by atoms with Gasteiger partial charge in [-0.1, -0.05) is 62.5 Å². The normalized spacial score (nSPS) is 12.8. The van der Waals surface area contributed by atoms with Gasteiger partial charge in [0.25, 0.3) is 5.56 Å². The van der Waals surface area contributed by atoms with Crippen LogP contribution in [0.4, 0.5) is 0 Å². The molecule has 1 amide bonds. The molecule has 0 spiro atoms. The number of aromatic nitrogens is 2. The fraction of sp³-hybridized carbons (Fsp3) is 0.267. The van der Waals surface area contributed by atoms with Crippen molar-refractivity contribution in [2.24, 2.45) is 5.73 Å². The van der Waals surface area contributed by atoms with Crippen molar-refractivity contribution in [1.82, 2.24) is 9.55 Å². The molecule has 10 heteroatoms. The fourth-order valence-corrected chi connectivity index (χ4v) is 5.00. The second kappa shape index (κ2) is 12.9. The first-order valence-electron chi connectivity index (χ1n) is 13.0. The molecule has 0 aliphatic rings. The second-order valence-electron chi connectivity index (χ2n) is 9.77. The number of carbonyl (C=O) groups excluding carboxylic acids is 2. The van der Waals surface area contributed by atoms with Crippen LogP contribution in [-0.2, 0) is 22.6 Å². The number of rotatable bonds is 9. The first-order valence-corrected chi connectivity index (χ1v) is 14.2. The van der Waals surface area contributed by atoms with Gasteiger partial charge in [-0.05, 0) is 68.4 Å². The maximum Gasteiger partial charge on any atom is 0.387 e. The van der Waals surface area contributed by atoms with Crippen LogP contribution >= 0.6 is 27.5 Å². The van der Waals surface area contributed by atoms with Crippen molar-refractivity contribution in [3.8, 4) is 0 Å². The Morgan fingerprint density at radius 1 is 1.07 bits per heavy atom. The fourth-order valence-electron chi connectivity index (χ4n) is 4.57.